The number of nitrogens with zero attached hydrogens (tertiary/aromatic N) is 2. The van der Waals surface area contributed by atoms with E-state index in [0.29, 0.717) is 24.6 Å². The summed E-state index contributed by atoms with van der Waals surface area (Å²) in [5.74, 6) is 2.38. The molecule has 0 saturated carbocycles. The van der Waals surface area contributed by atoms with Gasteiger partial charge in [-0.3, -0.25) is 9.69 Å². The van der Waals surface area contributed by atoms with Crippen LogP contribution in [0.15, 0.2) is 42.5 Å². The zero-order valence-corrected chi connectivity index (χ0v) is 16.7. The fourth-order valence-corrected chi connectivity index (χ4v) is 4.29. The maximum Gasteiger partial charge on any atom is 0.267 e. The molecule has 0 bridgehead atoms. The van der Waals surface area contributed by atoms with Gasteiger partial charge in [0, 0.05) is 39.1 Å². The fraction of sp³-hybridized carbons (Fsp3) is 0.435. The Kier molecular flexibility index (Phi) is 4.79. The van der Waals surface area contributed by atoms with Crippen LogP contribution in [0.2, 0.25) is 0 Å². The van der Waals surface area contributed by atoms with Crippen LogP contribution in [0.5, 0.6) is 17.2 Å². The molecule has 0 aromatic heterocycles. The summed E-state index contributed by atoms with van der Waals surface area (Å²) in [5.41, 5.74) is 2.61. The van der Waals surface area contributed by atoms with Gasteiger partial charge in [-0.05, 0) is 36.2 Å². The first-order valence-electron chi connectivity index (χ1n) is 10.4. The molecule has 2 atom stereocenters. The molecule has 29 heavy (non-hydrogen) atoms. The highest BCUT2D eigenvalue weighted by atomic mass is 16.6. The van der Waals surface area contributed by atoms with E-state index in [1.54, 1.807) is 0 Å². The van der Waals surface area contributed by atoms with Crippen LogP contribution in [0.3, 0.4) is 0 Å². The van der Waals surface area contributed by atoms with Gasteiger partial charge in [-0.2, -0.15) is 0 Å². The second-order valence-corrected chi connectivity index (χ2v) is 7.95. The smallest absolute Gasteiger partial charge is 0.267 e. The third-order valence-corrected chi connectivity index (χ3v) is 5.93. The third kappa shape index (κ3) is 3.65. The van der Waals surface area contributed by atoms with Crippen molar-refractivity contribution in [2.24, 2.45) is 0 Å². The molecular formula is C23H26N2O4. The molecule has 0 spiro atoms. The molecule has 6 heteroatoms. The Morgan fingerprint density at radius 1 is 1.00 bits per heavy atom. The van der Waals surface area contributed by atoms with Gasteiger partial charge in [0.15, 0.2) is 11.5 Å². The summed E-state index contributed by atoms with van der Waals surface area (Å²) >= 11 is 0. The first kappa shape index (κ1) is 18.3. The van der Waals surface area contributed by atoms with Crippen LogP contribution >= 0.6 is 0 Å². The van der Waals surface area contributed by atoms with Gasteiger partial charge in [-0.15, -0.1) is 0 Å². The number of para-hydroxylation sites is 2. The standard InChI is InChI=1S/C23H26N2O4/c1-16-22(29-21-5-3-2-4-20(21)28-16)23(26)25-11-9-24(10-12-25)15-17-6-7-19-18(14-17)8-13-27-19/h2-7,14,16,22H,8-13,15H2,1H3. The van der Waals surface area contributed by atoms with Gasteiger partial charge in [0.2, 0.25) is 6.10 Å². The van der Waals surface area contributed by atoms with E-state index in [0.717, 1.165) is 38.4 Å². The van der Waals surface area contributed by atoms with E-state index in [1.165, 1.54) is 11.1 Å². The highest BCUT2D eigenvalue weighted by Crippen LogP contribution is 2.34. The van der Waals surface area contributed by atoms with Crippen molar-refractivity contribution in [2.75, 3.05) is 32.8 Å². The first-order valence-corrected chi connectivity index (χ1v) is 10.4. The lowest BCUT2D eigenvalue weighted by Crippen LogP contribution is -2.55. The van der Waals surface area contributed by atoms with Crippen molar-refractivity contribution in [3.63, 3.8) is 0 Å². The molecule has 1 saturated heterocycles. The van der Waals surface area contributed by atoms with Crippen molar-refractivity contribution in [2.45, 2.75) is 32.1 Å². The molecule has 1 fully saturated rings. The van der Waals surface area contributed by atoms with Crippen LogP contribution in [-0.4, -0.2) is 60.7 Å². The molecule has 3 aliphatic rings. The van der Waals surface area contributed by atoms with Gasteiger partial charge in [0.25, 0.3) is 5.91 Å². The lowest BCUT2D eigenvalue weighted by Gasteiger charge is -2.38. The number of ether oxygens (including phenoxy) is 3. The molecule has 0 radical (unpaired) electrons. The molecule has 3 heterocycles. The SMILES string of the molecule is CC1Oc2ccccc2OC1C(=O)N1CCN(Cc2ccc3c(c2)CCO3)CC1. The number of amides is 1. The lowest BCUT2D eigenvalue weighted by molar-refractivity contribution is -0.146. The van der Waals surface area contributed by atoms with Crippen LogP contribution in [0.1, 0.15) is 18.1 Å². The van der Waals surface area contributed by atoms with Gasteiger partial charge in [0.05, 0.1) is 6.61 Å². The topological polar surface area (TPSA) is 51.2 Å². The highest BCUT2D eigenvalue weighted by Gasteiger charge is 2.37. The summed E-state index contributed by atoms with van der Waals surface area (Å²) in [5, 5.41) is 0. The summed E-state index contributed by atoms with van der Waals surface area (Å²) in [6, 6.07) is 14.0. The third-order valence-electron chi connectivity index (χ3n) is 5.93. The predicted molar refractivity (Wildman–Crippen MR) is 108 cm³/mol. The van der Waals surface area contributed by atoms with Crippen LogP contribution < -0.4 is 14.2 Å². The van der Waals surface area contributed by atoms with Crippen molar-refractivity contribution in [1.82, 2.24) is 9.80 Å². The highest BCUT2D eigenvalue weighted by molar-refractivity contribution is 5.82. The number of fused-ring (bicyclic) bond motifs is 2. The molecular weight excluding hydrogens is 368 g/mol. The van der Waals surface area contributed by atoms with Crippen molar-refractivity contribution >= 4 is 5.91 Å². The molecule has 0 N–H and O–H groups in total. The van der Waals surface area contributed by atoms with Crippen molar-refractivity contribution < 1.29 is 19.0 Å². The average molecular weight is 394 g/mol. The first-order chi connectivity index (χ1) is 14.2. The second-order valence-electron chi connectivity index (χ2n) is 7.95. The molecule has 6 nitrogen and oxygen atoms in total. The summed E-state index contributed by atoms with van der Waals surface area (Å²) < 4.78 is 17.5. The van der Waals surface area contributed by atoms with E-state index in [9.17, 15) is 4.79 Å². The normalized spacial score (nSPS) is 23.4. The molecule has 0 aliphatic carbocycles. The summed E-state index contributed by atoms with van der Waals surface area (Å²) in [6.45, 7) is 6.72. The van der Waals surface area contributed by atoms with Crippen LogP contribution in [0.4, 0.5) is 0 Å². The summed E-state index contributed by atoms with van der Waals surface area (Å²) in [6.07, 6.45) is 0.105. The Hall–Kier alpha value is -2.73. The van der Waals surface area contributed by atoms with Crippen molar-refractivity contribution in [1.29, 1.82) is 0 Å². The van der Waals surface area contributed by atoms with Crippen LogP contribution in [0, 0.1) is 0 Å². The number of hydrogen-bond acceptors (Lipinski definition) is 5. The van der Waals surface area contributed by atoms with Crippen LogP contribution in [0.25, 0.3) is 0 Å². The van der Waals surface area contributed by atoms with E-state index in [-0.39, 0.29) is 12.0 Å². The Balaban J connectivity index is 1.18. The summed E-state index contributed by atoms with van der Waals surface area (Å²) in [7, 11) is 0. The monoisotopic (exact) mass is 394 g/mol. The van der Waals surface area contributed by atoms with Gasteiger partial charge < -0.3 is 19.1 Å². The predicted octanol–water partition coefficient (Wildman–Crippen LogP) is 2.49. The Bertz CT molecular complexity index is 908. The van der Waals surface area contributed by atoms with E-state index >= 15 is 0 Å². The Labute approximate surface area is 171 Å². The summed E-state index contributed by atoms with van der Waals surface area (Å²) in [4.78, 5) is 17.4. The minimum atomic E-state index is -0.590. The van der Waals surface area contributed by atoms with E-state index in [1.807, 2.05) is 36.1 Å². The Morgan fingerprint density at radius 2 is 1.76 bits per heavy atom. The molecule has 5 rings (SSSR count). The largest absolute Gasteiger partial charge is 0.493 e. The van der Waals surface area contributed by atoms with Gasteiger partial charge in [-0.25, -0.2) is 0 Å². The lowest BCUT2D eigenvalue weighted by atomic mass is 10.1. The molecule has 2 aromatic rings. The van der Waals surface area contributed by atoms with Crippen molar-refractivity contribution in [3.8, 4) is 17.2 Å². The molecule has 2 unspecified atom stereocenters. The number of piperazine rings is 1. The van der Waals surface area contributed by atoms with E-state index in [2.05, 4.69) is 23.1 Å². The minimum Gasteiger partial charge on any atom is -0.493 e. The Morgan fingerprint density at radius 3 is 2.55 bits per heavy atom. The zero-order chi connectivity index (χ0) is 19.8. The second kappa shape index (κ2) is 7.59. The van der Waals surface area contributed by atoms with Gasteiger partial charge in [-0.1, -0.05) is 24.3 Å². The number of hydrogen-bond donors (Lipinski definition) is 0. The molecule has 152 valence electrons. The van der Waals surface area contributed by atoms with Gasteiger partial charge >= 0.3 is 0 Å². The fourth-order valence-electron chi connectivity index (χ4n) is 4.29. The molecule has 3 aliphatic heterocycles. The zero-order valence-electron chi connectivity index (χ0n) is 16.7. The maximum absolute atomic E-state index is 13.1. The molecule has 1 amide bonds. The number of carbonyl (C=O) groups is 1. The van der Waals surface area contributed by atoms with Gasteiger partial charge in [0.1, 0.15) is 11.9 Å². The molecule has 2 aromatic carbocycles. The number of benzene rings is 2. The average Bonchev–Trinajstić information content (AvgIpc) is 3.21. The quantitative estimate of drug-likeness (QED) is 0.801. The van der Waals surface area contributed by atoms with Crippen molar-refractivity contribution in [3.05, 3.63) is 53.6 Å². The number of carbonyl (C=O) groups excluding carboxylic acids is 1. The van der Waals surface area contributed by atoms with E-state index < -0.39 is 6.10 Å². The van der Waals surface area contributed by atoms with E-state index in [4.69, 9.17) is 14.2 Å². The van der Waals surface area contributed by atoms with Crippen LogP contribution in [-0.2, 0) is 17.8 Å². The number of rotatable bonds is 3. The minimum absolute atomic E-state index is 0.0151. The maximum atomic E-state index is 13.1.